The van der Waals surface area contributed by atoms with Crippen LogP contribution in [0.25, 0.3) is 11.1 Å². The maximum Gasteiger partial charge on any atom is 0.0583 e. The molecule has 0 heterocycles. The fourth-order valence-electron chi connectivity index (χ4n) is 2.99. The molecule has 0 fully saturated rings. The van der Waals surface area contributed by atoms with Crippen LogP contribution < -0.4 is 0 Å². The standard InChI is InChI=1S/C22H21ClO/c1-16(24)22(15-17-7-13-21(23)14-8-17)20-11-9-19(10-12-20)18-5-3-2-4-6-18/h2-14,16,22,24H,15H2,1H3. The van der Waals surface area contributed by atoms with E-state index in [0.717, 1.165) is 17.0 Å². The van der Waals surface area contributed by atoms with E-state index in [1.54, 1.807) is 0 Å². The predicted octanol–water partition coefficient (Wildman–Crippen LogP) is 5.71. The van der Waals surface area contributed by atoms with Gasteiger partial charge in [-0.3, -0.25) is 0 Å². The van der Waals surface area contributed by atoms with E-state index >= 15 is 0 Å². The number of benzene rings is 3. The molecule has 1 N–H and O–H groups in total. The Morgan fingerprint density at radius 2 is 1.38 bits per heavy atom. The summed E-state index contributed by atoms with van der Waals surface area (Å²) < 4.78 is 0. The molecule has 0 spiro atoms. The van der Waals surface area contributed by atoms with Crippen molar-refractivity contribution < 1.29 is 5.11 Å². The van der Waals surface area contributed by atoms with Gasteiger partial charge in [-0.2, -0.15) is 0 Å². The normalized spacial score (nSPS) is 13.5. The quantitative estimate of drug-likeness (QED) is 0.632. The van der Waals surface area contributed by atoms with E-state index in [1.807, 2.05) is 49.4 Å². The van der Waals surface area contributed by atoms with Gasteiger partial charge in [-0.15, -0.1) is 0 Å². The minimum Gasteiger partial charge on any atom is -0.393 e. The zero-order chi connectivity index (χ0) is 16.9. The van der Waals surface area contributed by atoms with Crippen molar-refractivity contribution in [3.8, 4) is 11.1 Å². The second-order valence-corrected chi connectivity index (χ2v) is 6.60. The maximum absolute atomic E-state index is 10.2. The molecule has 2 atom stereocenters. The fourth-order valence-corrected chi connectivity index (χ4v) is 3.12. The highest BCUT2D eigenvalue weighted by molar-refractivity contribution is 6.30. The Morgan fingerprint density at radius 3 is 1.96 bits per heavy atom. The molecule has 0 bridgehead atoms. The van der Waals surface area contributed by atoms with Gasteiger partial charge in [-0.25, -0.2) is 0 Å². The Balaban J connectivity index is 1.82. The number of aliphatic hydroxyl groups excluding tert-OH is 1. The van der Waals surface area contributed by atoms with Crippen LogP contribution in [0.15, 0.2) is 78.9 Å². The highest BCUT2D eigenvalue weighted by atomic mass is 35.5. The Kier molecular flexibility index (Phi) is 5.34. The minimum absolute atomic E-state index is 0.0657. The van der Waals surface area contributed by atoms with Gasteiger partial charge < -0.3 is 5.11 Å². The monoisotopic (exact) mass is 336 g/mol. The second-order valence-electron chi connectivity index (χ2n) is 6.17. The third-order valence-corrected chi connectivity index (χ3v) is 4.65. The van der Waals surface area contributed by atoms with E-state index in [-0.39, 0.29) is 5.92 Å². The lowest BCUT2D eigenvalue weighted by Crippen LogP contribution is -2.17. The zero-order valence-electron chi connectivity index (χ0n) is 13.7. The number of halogens is 1. The lowest BCUT2D eigenvalue weighted by molar-refractivity contribution is 0.161. The number of hydrogen-bond donors (Lipinski definition) is 1. The minimum atomic E-state index is -0.414. The van der Waals surface area contributed by atoms with E-state index in [0.29, 0.717) is 0 Å². The van der Waals surface area contributed by atoms with Crippen molar-refractivity contribution in [3.05, 3.63) is 95.0 Å². The summed E-state index contributed by atoms with van der Waals surface area (Å²) in [5.74, 6) is 0.0657. The average Bonchev–Trinajstić information content (AvgIpc) is 2.62. The fraction of sp³-hybridized carbons (Fsp3) is 0.182. The van der Waals surface area contributed by atoms with E-state index in [2.05, 4.69) is 36.4 Å². The van der Waals surface area contributed by atoms with Crippen LogP contribution in [0.3, 0.4) is 0 Å². The highest BCUT2D eigenvalue weighted by Gasteiger charge is 2.18. The van der Waals surface area contributed by atoms with Gasteiger partial charge in [0.25, 0.3) is 0 Å². The zero-order valence-corrected chi connectivity index (χ0v) is 14.4. The molecule has 1 nitrogen and oxygen atoms in total. The molecule has 0 aliphatic carbocycles. The van der Waals surface area contributed by atoms with Gasteiger partial charge in [-0.1, -0.05) is 78.3 Å². The molecule has 24 heavy (non-hydrogen) atoms. The summed E-state index contributed by atoms with van der Waals surface area (Å²) in [6.07, 6.45) is 0.378. The van der Waals surface area contributed by atoms with Gasteiger partial charge >= 0.3 is 0 Å². The summed E-state index contributed by atoms with van der Waals surface area (Å²) >= 11 is 5.95. The van der Waals surface area contributed by atoms with Crippen LogP contribution in [0.1, 0.15) is 24.0 Å². The average molecular weight is 337 g/mol. The van der Waals surface area contributed by atoms with Gasteiger partial charge in [-0.05, 0) is 47.7 Å². The van der Waals surface area contributed by atoms with Crippen molar-refractivity contribution in [2.45, 2.75) is 25.4 Å². The van der Waals surface area contributed by atoms with E-state index in [1.165, 1.54) is 16.7 Å². The predicted molar refractivity (Wildman–Crippen MR) is 101 cm³/mol. The van der Waals surface area contributed by atoms with Crippen molar-refractivity contribution in [1.29, 1.82) is 0 Å². The Labute approximate surface area is 148 Å². The van der Waals surface area contributed by atoms with Crippen LogP contribution in [0, 0.1) is 0 Å². The first kappa shape index (κ1) is 16.8. The van der Waals surface area contributed by atoms with Crippen molar-refractivity contribution in [1.82, 2.24) is 0 Å². The van der Waals surface area contributed by atoms with Crippen LogP contribution in [0.4, 0.5) is 0 Å². The summed E-state index contributed by atoms with van der Waals surface area (Å²) in [6, 6.07) is 26.7. The summed E-state index contributed by atoms with van der Waals surface area (Å²) in [6.45, 7) is 1.85. The van der Waals surface area contributed by atoms with Gasteiger partial charge in [0.15, 0.2) is 0 Å². The molecule has 122 valence electrons. The van der Waals surface area contributed by atoms with Crippen molar-refractivity contribution in [2.24, 2.45) is 0 Å². The molecule has 3 aromatic carbocycles. The Bertz CT molecular complexity index is 761. The van der Waals surface area contributed by atoms with Gasteiger partial charge in [0, 0.05) is 10.9 Å². The topological polar surface area (TPSA) is 20.2 Å². The first-order chi connectivity index (χ1) is 11.6. The third kappa shape index (κ3) is 4.05. The summed E-state index contributed by atoms with van der Waals surface area (Å²) in [7, 11) is 0. The third-order valence-electron chi connectivity index (χ3n) is 4.40. The van der Waals surface area contributed by atoms with Crippen LogP contribution in [0.5, 0.6) is 0 Å². The molecule has 0 aliphatic heterocycles. The van der Waals surface area contributed by atoms with E-state index < -0.39 is 6.10 Å². The molecular formula is C22H21ClO. The smallest absolute Gasteiger partial charge is 0.0583 e. The molecule has 0 aliphatic rings. The first-order valence-electron chi connectivity index (χ1n) is 8.21. The molecule has 0 saturated heterocycles. The van der Waals surface area contributed by atoms with Gasteiger partial charge in [0.05, 0.1) is 6.10 Å². The molecule has 2 unspecified atom stereocenters. The second kappa shape index (κ2) is 7.65. The largest absolute Gasteiger partial charge is 0.393 e. The van der Waals surface area contributed by atoms with E-state index in [9.17, 15) is 5.11 Å². The summed E-state index contributed by atoms with van der Waals surface area (Å²) in [4.78, 5) is 0. The van der Waals surface area contributed by atoms with Crippen molar-refractivity contribution in [2.75, 3.05) is 0 Å². The molecule has 0 saturated carbocycles. The van der Waals surface area contributed by atoms with Crippen LogP contribution in [-0.2, 0) is 6.42 Å². The van der Waals surface area contributed by atoms with Gasteiger partial charge in [0.2, 0.25) is 0 Å². The SMILES string of the molecule is CC(O)C(Cc1ccc(Cl)cc1)c1ccc(-c2ccccc2)cc1. The van der Waals surface area contributed by atoms with E-state index in [4.69, 9.17) is 11.6 Å². The summed E-state index contributed by atoms with van der Waals surface area (Å²) in [5.41, 5.74) is 4.72. The molecule has 0 radical (unpaired) electrons. The summed E-state index contributed by atoms with van der Waals surface area (Å²) in [5, 5.41) is 11.0. The Hall–Kier alpha value is -2.09. The molecular weight excluding hydrogens is 316 g/mol. The first-order valence-corrected chi connectivity index (χ1v) is 8.59. The number of rotatable bonds is 5. The molecule has 0 aromatic heterocycles. The molecule has 0 amide bonds. The number of hydrogen-bond acceptors (Lipinski definition) is 1. The van der Waals surface area contributed by atoms with Crippen LogP contribution >= 0.6 is 11.6 Å². The lowest BCUT2D eigenvalue weighted by Gasteiger charge is -2.21. The maximum atomic E-state index is 10.2. The van der Waals surface area contributed by atoms with Gasteiger partial charge in [0.1, 0.15) is 0 Å². The molecule has 3 rings (SSSR count). The Morgan fingerprint density at radius 1 is 0.792 bits per heavy atom. The van der Waals surface area contributed by atoms with Crippen LogP contribution in [-0.4, -0.2) is 11.2 Å². The van der Waals surface area contributed by atoms with Crippen molar-refractivity contribution >= 4 is 11.6 Å². The van der Waals surface area contributed by atoms with Crippen LogP contribution in [0.2, 0.25) is 5.02 Å². The molecule has 2 heteroatoms. The molecule has 3 aromatic rings. The highest BCUT2D eigenvalue weighted by Crippen LogP contribution is 2.28. The number of aliphatic hydroxyl groups is 1. The van der Waals surface area contributed by atoms with Crippen molar-refractivity contribution in [3.63, 3.8) is 0 Å². The lowest BCUT2D eigenvalue weighted by atomic mass is 9.87.